The molecule has 0 bridgehead atoms. The molecule has 48 heavy (non-hydrogen) atoms. The molecule has 0 aromatic heterocycles. The Morgan fingerprint density at radius 2 is 1.67 bits per heavy atom. The van der Waals surface area contributed by atoms with Crippen molar-refractivity contribution < 1.29 is 38.2 Å². The summed E-state index contributed by atoms with van der Waals surface area (Å²) in [4.78, 5) is 83.4. The summed E-state index contributed by atoms with van der Waals surface area (Å²) in [6.45, 7) is 7.23. The van der Waals surface area contributed by atoms with Crippen LogP contribution < -0.4 is 20.9 Å². The van der Waals surface area contributed by atoms with Gasteiger partial charge in [-0.2, -0.15) is 0 Å². The summed E-state index contributed by atoms with van der Waals surface area (Å²) in [7, 11) is 0. The number of anilines is 1. The molecule has 2 saturated heterocycles. The Morgan fingerprint density at radius 1 is 0.979 bits per heavy atom. The van der Waals surface area contributed by atoms with Gasteiger partial charge in [-0.3, -0.25) is 24.1 Å². The van der Waals surface area contributed by atoms with E-state index in [1.165, 1.54) is 9.80 Å². The molecule has 13 heteroatoms. The first-order valence-electron chi connectivity index (χ1n) is 17.3. The van der Waals surface area contributed by atoms with Crippen LogP contribution in [-0.2, 0) is 28.7 Å². The average molecular weight is 668 g/mol. The van der Waals surface area contributed by atoms with Gasteiger partial charge in [0.1, 0.15) is 18.2 Å². The van der Waals surface area contributed by atoms with Crippen molar-refractivity contribution in [2.45, 2.75) is 128 Å². The Balaban J connectivity index is 1.40. The van der Waals surface area contributed by atoms with Gasteiger partial charge in [0.25, 0.3) is 5.91 Å². The number of alkyl carbamates (subject to hydrolysis) is 1. The normalized spacial score (nSPS) is 24.1. The van der Waals surface area contributed by atoms with Crippen LogP contribution >= 0.6 is 0 Å². The Bertz CT molecular complexity index is 1390. The molecule has 1 spiro atoms. The predicted molar refractivity (Wildman–Crippen MR) is 176 cm³/mol. The molecule has 0 unspecified atom stereocenters. The van der Waals surface area contributed by atoms with Gasteiger partial charge in [0.2, 0.25) is 17.6 Å². The first-order valence-corrected chi connectivity index (χ1v) is 17.3. The molecule has 2 aliphatic carbocycles. The van der Waals surface area contributed by atoms with Crippen molar-refractivity contribution in [3.63, 3.8) is 0 Å². The van der Waals surface area contributed by atoms with Crippen molar-refractivity contribution in [1.82, 2.24) is 20.9 Å². The lowest BCUT2D eigenvalue weighted by Crippen LogP contribution is -2.59. The van der Waals surface area contributed by atoms with Crippen molar-refractivity contribution >= 4 is 41.4 Å². The standard InChI is InChI=1S/C35H49N5O8/c1-5-12-25(27(41)30(43)36-22-17-18-22)37-29(42)26-19-35(20-39(33(46)48-35)23-13-8-6-9-14-23)21-40(26)31(44)28(34(2,3)4)38-32(45)47-24-15-10-7-11-16-24/h6,8-9,13-14,22,24-26,28H,5,7,10-12,15-21H2,1-4H3,(H,36,43)(H,37,42)(H,38,45)/t25-,26-,28+,35+/m0/s1. The van der Waals surface area contributed by atoms with E-state index in [0.29, 0.717) is 12.1 Å². The van der Waals surface area contributed by atoms with Gasteiger partial charge in [-0.05, 0) is 62.5 Å². The zero-order valence-electron chi connectivity index (χ0n) is 28.4. The number of carbonyl (C=O) groups is 6. The summed E-state index contributed by atoms with van der Waals surface area (Å²) in [6, 6.07) is 5.60. The molecule has 0 radical (unpaired) electrons. The van der Waals surface area contributed by atoms with Crippen LogP contribution in [-0.4, -0.2) is 89.6 Å². The first-order chi connectivity index (χ1) is 22.8. The average Bonchev–Trinajstić information content (AvgIpc) is 3.70. The summed E-state index contributed by atoms with van der Waals surface area (Å²) in [5.74, 6) is -2.68. The fourth-order valence-electron chi connectivity index (χ4n) is 6.80. The minimum atomic E-state index is -1.23. The molecule has 4 aliphatic rings. The van der Waals surface area contributed by atoms with Crippen LogP contribution in [0.5, 0.6) is 0 Å². The van der Waals surface area contributed by atoms with E-state index in [9.17, 15) is 28.8 Å². The molecule has 5 rings (SSSR count). The van der Waals surface area contributed by atoms with E-state index in [1.807, 2.05) is 13.0 Å². The maximum atomic E-state index is 14.5. The third-order valence-electron chi connectivity index (χ3n) is 9.57. The Kier molecular flexibility index (Phi) is 10.6. The molecule has 1 aromatic carbocycles. The van der Waals surface area contributed by atoms with Gasteiger partial charge in [0, 0.05) is 18.2 Å². The minimum Gasteiger partial charge on any atom is -0.446 e. The van der Waals surface area contributed by atoms with Crippen molar-refractivity contribution in [2.24, 2.45) is 5.41 Å². The second-order valence-electron chi connectivity index (χ2n) is 14.7. The van der Waals surface area contributed by atoms with E-state index < -0.39 is 64.8 Å². The summed E-state index contributed by atoms with van der Waals surface area (Å²) >= 11 is 0. The molecule has 2 saturated carbocycles. The molecule has 2 heterocycles. The van der Waals surface area contributed by atoms with Crippen LogP contribution in [0.3, 0.4) is 0 Å². The SMILES string of the molecule is CCC[C@H](NC(=O)[C@@H]1C[C@@]2(CN(c3ccccc3)C(=O)O2)CN1C(=O)[C@@H](NC(=O)OC1CCCCC1)C(C)(C)C)C(=O)C(=O)NC1CC1. The van der Waals surface area contributed by atoms with E-state index in [2.05, 4.69) is 16.0 Å². The molecular weight excluding hydrogens is 618 g/mol. The van der Waals surface area contributed by atoms with Gasteiger partial charge < -0.3 is 30.3 Å². The quantitative estimate of drug-likeness (QED) is 0.302. The first kappa shape index (κ1) is 35.2. The number of hydrogen-bond acceptors (Lipinski definition) is 8. The van der Waals surface area contributed by atoms with Crippen molar-refractivity contribution in [1.29, 1.82) is 0 Å². The third-order valence-corrected chi connectivity index (χ3v) is 9.57. The summed E-state index contributed by atoms with van der Waals surface area (Å²) < 4.78 is 11.6. The Hall–Kier alpha value is -4.16. The molecule has 3 N–H and O–H groups in total. The van der Waals surface area contributed by atoms with Crippen LogP contribution in [0.4, 0.5) is 15.3 Å². The second kappa shape index (κ2) is 14.5. The van der Waals surface area contributed by atoms with Crippen LogP contribution in [0.2, 0.25) is 0 Å². The van der Waals surface area contributed by atoms with Crippen LogP contribution in [0.15, 0.2) is 30.3 Å². The highest BCUT2D eigenvalue weighted by Crippen LogP contribution is 2.39. The maximum absolute atomic E-state index is 14.5. The van der Waals surface area contributed by atoms with E-state index >= 15 is 0 Å². The van der Waals surface area contributed by atoms with Crippen molar-refractivity contribution in [3.8, 4) is 0 Å². The largest absolute Gasteiger partial charge is 0.446 e. The number of Topliss-reactive ketones (excluding diaryl/α,β-unsaturated/α-hetero) is 1. The molecule has 4 atom stereocenters. The topological polar surface area (TPSA) is 163 Å². The van der Waals surface area contributed by atoms with Gasteiger partial charge in [0.05, 0.1) is 19.1 Å². The fraction of sp³-hybridized carbons (Fsp3) is 0.657. The molecule has 2 aliphatic heterocycles. The second-order valence-corrected chi connectivity index (χ2v) is 14.7. The lowest BCUT2D eigenvalue weighted by molar-refractivity contribution is -0.144. The van der Waals surface area contributed by atoms with Gasteiger partial charge in [-0.1, -0.05) is 58.7 Å². The highest BCUT2D eigenvalue weighted by Gasteiger charge is 2.58. The number of para-hydroxylation sites is 1. The van der Waals surface area contributed by atoms with E-state index in [0.717, 1.165) is 44.9 Å². The lowest BCUT2D eigenvalue weighted by atomic mass is 9.85. The van der Waals surface area contributed by atoms with Crippen LogP contribution in [0.1, 0.15) is 91.9 Å². The molecule has 13 nitrogen and oxygen atoms in total. The molecule has 1 aromatic rings. The Morgan fingerprint density at radius 3 is 2.29 bits per heavy atom. The maximum Gasteiger partial charge on any atom is 0.415 e. The smallest absolute Gasteiger partial charge is 0.415 e. The molecule has 5 amide bonds. The van der Waals surface area contributed by atoms with Crippen molar-refractivity contribution in [2.75, 3.05) is 18.0 Å². The number of ketones is 1. The summed E-state index contributed by atoms with van der Waals surface area (Å²) in [5.41, 5.74) is -1.41. The van der Waals surface area contributed by atoms with Crippen LogP contribution in [0.25, 0.3) is 0 Å². The number of rotatable bonds is 11. The highest BCUT2D eigenvalue weighted by molar-refractivity contribution is 6.38. The van der Waals surface area contributed by atoms with Gasteiger partial charge in [-0.15, -0.1) is 0 Å². The summed E-state index contributed by atoms with van der Waals surface area (Å²) in [6.07, 6.45) is 5.33. The number of nitrogens with zero attached hydrogens (tertiary/aromatic N) is 2. The van der Waals surface area contributed by atoms with Gasteiger partial charge in [0.15, 0.2) is 5.60 Å². The van der Waals surface area contributed by atoms with Crippen LogP contribution in [0, 0.1) is 5.41 Å². The van der Waals surface area contributed by atoms with Gasteiger partial charge >= 0.3 is 12.2 Å². The van der Waals surface area contributed by atoms with Gasteiger partial charge in [-0.25, -0.2) is 9.59 Å². The number of hydrogen-bond donors (Lipinski definition) is 3. The lowest BCUT2D eigenvalue weighted by Gasteiger charge is -2.36. The zero-order chi connectivity index (χ0) is 34.6. The zero-order valence-corrected chi connectivity index (χ0v) is 28.4. The highest BCUT2D eigenvalue weighted by atomic mass is 16.6. The third kappa shape index (κ3) is 8.27. The van der Waals surface area contributed by atoms with Crippen molar-refractivity contribution in [3.05, 3.63) is 30.3 Å². The summed E-state index contributed by atoms with van der Waals surface area (Å²) in [5, 5.41) is 8.20. The Labute approximate surface area is 281 Å². The number of likely N-dealkylation sites (tertiary alicyclic amines) is 1. The molecule has 4 fully saturated rings. The fourth-order valence-corrected chi connectivity index (χ4v) is 6.80. The minimum absolute atomic E-state index is 0.0292. The number of benzene rings is 1. The molecular formula is C35H49N5O8. The monoisotopic (exact) mass is 667 g/mol. The predicted octanol–water partition coefficient (Wildman–Crippen LogP) is 3.59. The van der Waals surface area contributed by atoms with E-state index in [-0.39, 0.29) is 38.1 Å². The number of nitrogens with one attached hydrogen (secondary N) is 3. The molecule has 262 valence electrons. The van der Waals surface area contributed by atoms with E-state index in [4.69, 9.17) is 9.47 Å². The number of amides is 5. The number of carbonyl (C=O) groups excluding carboxylic acids is 6. The van der Waals surface area contributed by atoms with E-state index in [1.54, 1.807) is 45.0 Å². The number of ether oxygens (including phenoxy) is 2.